The summed E-state index contributed by atoms with van der Waals surface area (Å²) in [7, 11) is 1.46. The van der Waals surface area contributed by atoms with Gasteiger partial charge in [-0.15, -0.1) is 11.3 Å². The van der Waals surface area contributed by atoms with Crippen LogP contribution >= 0.6 is 11.3 Å². The lowest BCUT2D eigenvalue weighted by Crippen LogP contribution is -2.55. The first-order valence-electron chi connectivity index (χ1n) is 5.34. The number of rotatable bonds is 4. The first kappa shape index (κ1) is 12.8. The van der Waals surface area contributed by atoms with Gasteiger partial charge in [0, 0.05) is 13.0 Å². The largest absolute Gasteiger partial charge is 0.495 e. The van der Waals surface area contributed by atoms with E-state index >= 15 is 0 Å². The number of hydrogen-bond donors (Lipinski definition) is 2. The van der Waals surface area contributed by atoms with Crippen molar-refractivity contribution in [2.24, 2.45) is 0 Å². The second-order valence-electron chi connectivity index (χ2n) is 3.96. The highest BCUT2D eigenvalue weighted by atomic mass is 32.1. The number of thiophene rings is 1. The molecule has 0 saturated carbocycles. The summed E-state index contributed by atoms with van der Waals surface area (Å²) in [5.74, 6) is -1.09. The summed E-state index contributed by atoms with van der Waals surface area (Å²) in [6.07, 6.45) is 0.266. The number of hydrogen-bond acceptors (Lipinski definition) is 5. The fourth-order valence-electron chi connectivity index (χ4n) is 1.78. The second-order valence-corrected chi connectivity index (χ2v) is 4.88. The van der Waals surface area contributed by atoms with Crippen molar-refractivity contribution in [1.82, 2.24) is 5.32 Å². The molecule has 1 aromatic rings. The fourth-order valence-corrected chi connectivity index (χ4v) is 2.54. The van der Waals surface area contributed by atoms with E-state index in [1.54, 1.807) is 11.4 Å². The molecule has 0 aromatic carbocycles. The molecule has 1 aliphatic heterocycles. The first-order valence-corrected chi connectivity index (χ1v) is 6.22. The zero-order valence-corrected chi connectivity index (χ0v) is 10.6. The Morgan fingerprint density at radius 3 is 2.94 bits per heavy atom. The number of carbonyl (C=O) groups is 2. The predicted molar refractivity (Wildman–Crippen MR) is 64.1 cm³/mol. The van der Waals surface area contributed by atoms with Crippen LogP contribution in [0.2, 0.25) is 0 Å². The molecular weight excluding hydrogens is 258 g/mol. The summed E-state index contributed by atoms with van der Waals surface area (Å²) in [6, 6.07) is 1.66. The summed E-state index contributed by atoms with van der Waals surface area (Å²) < 4.78 is 10.1. The van der Waals surface area contributed by atoms with Gasteiger partial charge in [-0.3, -0.25) is 4.79 Å². The normalized spacial score (nSPS) is 22.7. The van der Waals surface area contributed by atoms with E-state index in [0.717, 1.165) is 0 Å². The third kappa shape index (κ3) is 2.19. The average molecular weight is 271 g/mol. The van der Waals surface area contributed by atoms with E-state index in [1.807, 2.05) is 0 Å². The third-order valence-corrected chi connectivity index (χ3v) is 3.73. The standard InChI is InChI=1S/C11H13NO5S/c1-16-7-2-5-18-8(7)9(13)12-11(10(14)15)3-4-17-6-11/h2,5H,3-4,6H2,1H3,(H,12,13)(H,14,15). The Balaban J connectivity index is 2.18. The second kappa shape index (κ2) is 4.95. The molecule has 1 aromatic heterocycles. The molecule has 1 fully saturated rings. The van der Waals surface area contributed by atoms with Crippen LogP contribution in [0.25, 0.3) is 0 Å². The molecule has 6 nitrogen and oxygen atoms in total. The van der Waals surface area contributed by atoms with Gasteiger partial charge in [0.15, 0.2) is 5.54 Å². The van der Waals surface area contributed by atoms with E-state index in [1.165, 1.54) is 18.4 Å². The van der Waals surface area contributed by atoms with E-state index < -0.39 is 17.4 Å². The smallest absolute Gasteiger partial charge is 0.331 e. The molecule has 7 heteroatoms. The maximum absolute atomic E-state index is 12.1. The third-order valence-electron chi connectivity index (χ3n) is 2.84. The maximum Gasteiger partial charge on any atom is 0.331 e. The van der Waals surface area contributed by atoms with E-state index in [9.17, 15) is 14.7 Å². The molecule has 1 aliphatic rings. The lowest BCUT2D eigenvalue weighted by molar-refractivity contribution is -0.144. The van der Waals surface area contributed by atoms with E-state index in [0.29, 0.717) is 17.2 Å². The van der Waals surface area contributed by atoms with E-state index in [4.69, 9.17) is 9.47 Å². The van der Waals surface area contributed by atoms with Crippen LogP contribution in [0.3, 0.4) is 0 Å². The summed E-state index contributed by atoms with van der Waals surface area (Å²) in [6.45, 7) is 0.315. The predicted octanol–water partition coefficient (Wildman–Crippen LogP) is 0.730. The van der Waals surface area contributed by atoms with Crippen LogP contribution < -0.4 is 10.1 Å². The van der Waals surface area contributed by atoms with Gasteiger partial charge in [-0.2, -0.15) is 0 Å². The Morgan fingerprint density at radius 1 is 1.61 bits per heavy atom. The van der Waals surface area contributed by atoms with Gasteiger partial charge in [0.1, 0.15) is 10.6 Å². The summed E-state index contributed by atoms with van der Waals surface area (Å²) >= 11 is 1.21. The zero-order chi connectivity index (χ0) is 13.2. The van der Waals surface area contributed by atoms with Crippen LogP contribution in [0, 0.1) is 0 Å². The molecule has 0 spiro atoms. The lowest BCUT2D eigenvalue weighted by atomic mass is 9.99. The lowest BCUT2D eigenvalue weighted by Gasteiger charge is -2.23. The number of aliphatic carboxylic acids is 1. The highest BCUT2D eigenvalue weighted by Gasteiger charge is 2.44. The molecular formula is C11H13NO5S. The topological polar surface area (TPSA) is 84.9 Å². The molecule has 0 aliphatic carbocycles. The molecule has 1 amide bonds. The summed E-state index contributed by atoms with van der Waals surface area (Å²) in [4.78, 5) is 23.7. The molecule has 18 heavy (non-hydrogen) atoms. The molecule has 98 valence electrons. The number of methoxy groups -OCH3 is 1. The Kier molecular flexibility index (Phi) is 3.53. The molecule has 2 heterocycles. The summed E-state index contributed by atoms with van der Waals surface area (Å²) in [5.41, 5.74) is -1.33. The monoisotopic (exact) mass is 271 g/mol. The number of amides is 1. The van der Waals surface area contributed by atoms with Crippen LogP contribution in [0.5, 0.6) is 5.75 Å². The first-order chi connectivity index (χ1) is 8.59. The number of carboxylic acids is 1. The average Bonchev–Trinajstić information content (AvgIpc) is 2.97. The Labute approximate surface area is 108 Å². The van der Waals surface area contributed by atoms with Crippen molar-refractivity contribution in [1.29, 1.82) is 0 Å². The van der Waals surface area contributed by atoms with Crippen molar-refractivity contribution >= 4 is 23.2 Å². The van der Waals surface area contributed by atoms with Gasteiger partial charge in [-0.25, -0.2) is 4.79 Å². The van der Waals surface area contributed by atoms with E-state index in [2.05, 4.69) is 5.32 Å². The Hall–Kier alpha value is -1.60. The van der Waals surface area contributed by atoms with Crippen LogP contribution in [-0.4, -0.2) is 42.8 Å². The van der Waals surface area contributed by atoms with Crippen LogP contribution in [0.1, 0.15) is 16.1 Å². The highest BCUT2D eigenvalue weighted by molar-refractivity contribution is 7.12. The van der Waals surface area contributed by atoms with Gasteiger partial charge in [-0.1, -0.05) is 0 Å². The van der Waals surface area contributed by atoms with Crippen LogP contribution in [0.4, 0.5) is 0 Å². The maximum atomic E-state index is 12.1. The fraction of sp³-hybridized carbons (Fsp3) is 0.455. The molecule has 1 atom stereocenters. The van der Waals surface area contributed by atoms with Gasteiger partial charge in [0.05, 0.1) is 13.7 Å². The molecule has 2 N–H and O–H groups in total. The molecule has 1 saturated heterocycles. The SMILES string of the molecule is COc1ccsc1C(=O)NC1(C(=O)O)CCOC1. The van der Waals surface area contributed by atoms with Crippen molar-refractivity contribution in [3.63, 3.8) is 0 Å². The molecule has 0 radical (unpaired) electrons. The zero-order valence-electron chi connectivity index (χ0n) is 9.76. The minimum atomic E-state index is -1.33. The van der Waals surface area contributed by atoms with Gasteiger partial charge in [0.2, 0.25) is 0 Å². The number of carboxylic acid groups (broad SMARTS) is 1. The van der Waals surface area contributed by atoms with Crippen LogP contribution in [0.15, 0.2) is 11.4 Å². The number of ether oxygens (including phenoxy) is 2. The van der Waals surface area contributed by atoms with Crippen molar-refractivity contribution in [3.05, 3.63) is 16.3 Å². The van der Waals surface area contributed by atoms with Gasteiger partial charge < -0.3 is 19.9 Å². The molecule has 2 rings (SSSR count). The van der Waals surface area contributed by atoms with Gasteiger partial charge >= 0.3 is 5.97 Å². The number of carbonyl (C=O) groups excluding carboxylic acids is 1. The van der Waals surface area contributed by atoms with Crippen molar-refractivity contribution in [2.45, 2.75) is 12.0 Å². The van der Waals surface area contributed by atoms with Gasteiger partial charge in [0.25, 0.3) is 5.91 Å². The van der Waals surface area contributed by atoms with Gasteiger partial charge in [-0.05, 0) is 11.4 Å². The molecule has 0 bridgehead atoms. The highest BCUT2D eigenvalue weighted by Crippen LogP contribution is 2.26. The quantitative estimate of drug-likeness (QED) is 0.843. The summed E-state index contributed by atoms with van der Waals surface area (Å²) in [5, 5.41) is 13.5. The van der Waals surface area contributed by atoms with E-state index in [-0.39, 0.29) is 13.0 Å². The van der Waals surface area contributed by atoms with Crippen LogP contribution in [-0.2, 0) is 9.53 Å². The van der Waals surface area contributed by atoms with Crippen molar-refractivity contribution in [3.8, 4) is 5.75 Å². The minimum absolute atomic E-state index is 0.0121. The van der Waals surface area contributed by atoms with Crippen molar-refractivity contribution < 1.29 is 24.2 Å². The number of nitrogens with one attached hydrogen (secondary N) is 1. The van der Waals surface area contributed by atoms with Crippen molar-refractivity contribution in [2.75, 3.05) is 20.3 Å². The molecule has 1 unspecified atom stereocenters. The Morgan fingerprint density at radius 2 is 2.39 bits per heavy atom. The minimum Gasteiger partial charge on any atom is -0.495 e. The Bertz CT molecular complexity index is 464.